The molecule has 0 aliphatic heterocycles. The Morgan fingerprint density at radius 3 is 2.46 bits per heavy atom. The van der Waals surface area contributed by atoms with E-state index in [-0.39, 0.29) is 42.6 Å². The number of benzene rings is 1. The van der Waals surface area contributed by atoms with Gasteiger partial charge in [-0.1, -0.05) is 18.2 Å². The second kappa shape index (κ2) is 5.34. The van der Waals surface area contributed by atoms with Crippen LogP contribution >= 0.6 is 0 Å². The van der Waals surface area contributed by atoms with E-state index >= 15 is 0 Å². The molecular formula is C9H10AlNOZn. The number of phenolic OH excluding ortho intramolecular Hbond substituents is 1. The Hall–Kier alpha value is -0.414. The van der Waals surface area contributed by atoms with Crippen LogP contribution in [0.5, 0.6) is 5.75 Å². The van der Waals surface area contributed by atoms with Crippen molar-refractivity contribution >= 4 is 28.3 Å². The number of phenols is 1. The SMILES string of the molecule is Oc1cccc2cccnc12.[AlH3].[Zn]. The van der Waals surface area contributed by atoms with Gasteiger partial charge in [-0.2, -0.15) is 0 Å². The van der Waals surface area contributed by atoms with Crippen molar-refractivity contribution in [1.29, 1.82) is 0 Å². The Labute approximate surface area is 99.9 Å². The van der Waals surface area contributed by atoms with E-state index < -0.39 is 0 Å². The molecule has 0 spiro atoms. The number of para-hydroxylation sites is 1. The smallest absolute Gasteiger partial charge is 0.187 e. The van der Waals surface area contributed by atoms with Crippen LogP contribution in [-0.2, 0) is 19.5 Å². The van der Waals surface area contributed by atoms with Crippen LogP contribution in [0.15, 0.2) is 36.5 Å². The molecule has 4 heteroatoms. The monoisotopic (exact) mass is 239 g/mol. The standard InChI is InChI=1S/C9H7NO.Al.Zn.3H/c11-8-5-1-3-7-4-2-6-10-9(7)8;;;;;/h1-6,11H;;;;;. The second-order valence-electron chi connectivity index (χ2n) is 2.35. The largest absolute Gasteiger partial charge is 0.506 e. The van der Waals surface area contributed by atoms with Gasteiger partial charge in [0.15, 0.2) is 17.4 Å². The van der Waals surface area contributed by atoms with Gasteiger partial charge in [-0.15, -0.1) is 0 Å². The molecule has 0 unspecified atom stereocenters. The molecule has 1 aromatic carbocycles. The zero-order valence-corrected chi connectivity index (χ0v) is 9.53. The predicted molar refractivity (Wildman–Crippen MR) is 53.3 cm³/mol. The maximum absolute atomic E-state index is 9.31. The van der Waals surface area contributed by atoms with Crippen molar-refractivity contribution < 1.29 is 24.6 Å². The topological polar surface area (TPSA) is 33.1 Å². The molecule has 1 heterocycles. The summed E-state index contributed by atoms with van der Waals surface area (Å²) in [4.78, 5) is 4.03. The summed E-state index contributed by atoms with van der Waals surface area (Å²) >= 11 is 0. The number of hydrogen-bond donors (Lipinski definition) is 1. The average Bonchev–Trinajstić information content (AvgIpc) is 2.06. The molecule has 0 aliphatic rings. The van der Waals surface area contributed by atoms with Crippen LogP contribution in [0.4, 0.5) is 0 Å². The molecule has 0 bridgehead atoms. The maximum Gasteiger partial charge on any atom is 0.187 e. The van der Waals surface area contributed by atoms with Crippen LogP contribution in [0.1, 0.15) is 0 Å². The Bertz CT molecular complexity index is 389. The molecule has 0 amide bonds. The zero-order chi connectivity index (χ0) is 7.68. The Morgan fingerprint density at radius 1 is 1.08 bits per heavy atom. The minimum atomic E-state index is 0. The van der Waals surface area contributed by atoms with Crippen molar-refractivity contribution in [3.63, 3.8) is 0 Å². The number of pyridine rings is 1. The van der Waals surface area contributed by atoms with Crippen LogP contribution < -0.4 is 0 Å². The molecule has 62 valence electrons. The minimum absolute atomic E-state index is 0. The number of nitrogens with zero attached hydrogens (tertiary/aromatic N) is 1. The molecule has 0 fully saturated rings. The van der Waals surface area contributed by atoms with Crippen LogP contribution in [0.2, 0.25) is 0 Å². The van der Waals surface area contributed by atoms with Crippen molar-refractivity contribution in [2.24, 2.45) is 0 Å². The zero-order valence-electron chi connectivity index (χ0n) is 6.57. The normalized spacial score (nSPS) is 8.62. The van der Waals surface area contributed by atoms with Crippen molar-refractivity contribution in [3.05, 3.63) is 36.5 Å². The van der Waals surface area contributed by atoms with Gasteiger partial charge < -0.3 is 5.11 Å². The number of rotatable bonds is 0. The fourth-order valence-electron chi connectivity index (χ4n) is 1.09. The molecular weight excluding hydrogens is 230 g/mol. The molecule has 0 saturated carbocycles. The van der Waals surface area contributed by atoms with Gasteiger partial charge in [0.2, 0.25) is 0 Å². The number of hydrogen-bond acceptors (Lipinski definition) is 2. The first-order valence-corrected chi connectivity index (χ1v) is 3.40. The van der Waals surface area contributed by atoms with E-state index in [1.165, 1.54) is 0 Å². The second-order valence-corrected chi connectivity index (χ2v) is 2.35. The van der Waals surface area contributed by atoms with E-state index in [2.05, 4.69) is 4.98 Å². The van der Waals surface area contributed by atoms with E-state index in [1.807, 2.05) is 18.2 Å². The maximum atomic E-state index is 9.31. The number of aromatic nitrogens is 1. The average molecular weight is 241 g/mol. The van der Waals surface area contributed by atoms with E-state index in [9.17, 15) is 5.11 Å². The third kappa shape index (κ3) is 2.51. The van der Waals surface area contributed by atoms with Gasteiger partial charge in [-0.3, -0.25) is 4.98 Å². The van der Waals surface area contributed by atoms with E-state index in [4.69, 9.17) is 0 Å². The first kappa shape index (κ1) is 12.6. The summed E-state index contributed by atoms with van der Waals surface area (Å²) in [6, 6.07) is 9.13. The third-order valence-electron chi connectivity index (χ3n) is 1.61. The Balaban J connectivity index is 0.000000720. The van der Waals surface area contributed by atoms with Crippen LogP contribution in [0, 0.1) is 0 Å². The van der Waals surface area contributed by atoms with Gasteiger partial charge in [0.1, 0.15) is 11.3 Å². The van der Waals surface area contributed by atoms with E-state index in [1.54, 1.807) is 18.3 Å². The molecule has 0 aliphatic carbocycles. The molecule has 0 saturated heterocycles. The first-order chi connectivity index (χ1) is 5.38. The molecule has 2 rings (SSSR count). The summed E-state index contributed by atoms with van der Waals surface area (Å²) in [5.74, 6) is 0.239. The molecule has 2 nitrogen and oxygen atoms in total. The summed E-state index contributed by atoms with van der Waals surface area (Å²) in [7, 11) is 0. The molecule has 1 N–H and O–H groups in total. The number of aromatic hydroxyl groups is 1. The summed E-state index contributed by atoms with van der Waals surface area (Å²) in [6.45, 7) is 0. The fraction of sp³-hybridized carbons (Fsp3) is 0. The Kier molecular flexibility index (Phi) is 5.17. The van der Waals surface area contributed by atoms with Gasteiger partial charge >= 0.3 is 0 Å². The van der Waals surface area contributed by atoms with E-state index in [0.717, 1.165) is 5.39 Å². The predicted octanol–water partition coefficient (Wildman–Crippen LogP) is 0.754. The van der Waals surface area contributed by atoms with Crippen molar-refractivity contribution in [2.75, 3.05) is 0 Å². The van der Waals surface area contributed by atoms with E-state index in [0.29, 0.717) is 5.52 Å². The molecule has 13 heavy (non-hydrogen) atoms. The van der Waals surface area contributed by atoms with Gasteiger partial charge in [-0.05, 0) is 12.1 Å². The van der Waals surface area contributed by atoms with Gasteiger partial charge in [0, 0.05) is 31.1 Å². The van der Waals surface area contributed by atoms with Crippen molar-refractivity contribution in [3.8, 4) is 5.75 Å². The van der Waals surface area contributed by atoms with Crippen LogP contribution in [0.3, 0.4) is 0 Å². The third-order valence-corrected chi connectivity index (χ3v) is 1.61. The van der Waals surface area contributed by atoms with Crippen LogP contribution in [0.25, 0.3) is 10.9 Å². The van der Waals surface area contributed by atoms with Gasteiger partial charge in [-0.25, -0.2) is 0 Å². The Morgan fingerprint density at radius 2 is 1.77 bits per heavy atom. The van der Waals surface area contributed by atoms with Gasteiger partial charge in [0.05, 0.1) is 0 Å². The first-order valence-electron chi connectivity index (χ1n) is 3.40. The number of fused-ring (bicyclic) bond motifs is 1. The summed E-state index contributed by atoms with van der Waals surface area (Å²) < 4.78 is 0. The molecule has 1 aromatic heterocycles. The quantitative estimate of drug-likeness (QED) is 0.690. The minimum Gasteiger partial charge on any atom is -0.506 e. The van der Waals surface area contributed by atoms with Crippen molar-refractivity contribution in [1.82, 2.24) is 4.98 Å². The molecule has 0 radical (unpaired) electrons. The summed E-state index contributed by atoms with van der Waals surface area (Å²) in [5.41, 5.74) is 0.662. The summed E-state index contributed by atoms with van der Waals surface area (Å²) in [6.07, 6.45) is 1.67. The fourth-order valence-corrected chi connectivity index (χ4v) is 1.09. The van der Waals surface area contributed by atoms with Crippen molar-refractivity contribution in [2.45, 2.75) is 0 Å². The van der Waals surface area contributed by atoms with Gasteiger partial charge in [0.25, 0.3) is 0 Å². The molecule has 0 atom stereocenters. The summed E-state index contributed by atoms with van der Waals surface area (Å²) in [5, 5.41) is 10.3. The molecule has 2 aromatic rings. The van der Waals surface area contributed by atoms with Crippen LogP contribution in [-0.4, -0.2) is 27.5 Å².